The number of aryl methyl sites for hydroxylation is 1. The van der Waals surface area contributed by atoms with Crippen LogP contribution in [0, 0.1) is 6.92 Å². The van der Waals surface area contributed by atoms with Crippen LogP contribution in [0.3, 0.4) is 0 Å². The smallest absolute Gasteiger partial charge is 0.324 e. The van der Waals surface area contributed by atoms with E-state index in [0.29, 0.717) is 5.69 Å². The van der Waals surface area contributed by atoms with Gasteiger partial charge in [-0.3, -0.25) is 4.79 Å². The highest BCUT2D eigenvalue weighted by Gasteiger charge is 2.30. The average molecular weight is 361 g/mol. The normalized spacial score (nSPS) is 11.4. The van der Waals surface area contributed by atoms with Crippen LogP contribution in [0.4, 0.5) is 18.9 Å². The summed E-state index contributed by atoms with van der Waals surface area (Å²) in [6, 6.07) is 11.8. The van der Waals surface area contributed by atoms with E-state index in [-0.39, 0.29) is 23.8 Å². The van der Waals surface area contributed by atoms with Crippen LogP contribution >= 0.6 is 0 Å². The third kappa shape index (κ3) is 4.24. The number of nitrogens with one attached hydrogen (secondary N) is 1. The number of tetrazole rings is 1. The highest BCUT2D eigenvalue weighted by Crippen LogP contribution is 2.31. The molecule has 0 saturated carbocycles. The minimum atomic E-state index is -4.46. The van der Waals surface area contributed by atoms with Crippen molar-refractivity contribution in [3.63, 3.8) is 0 Å². The Hall–Kier alpha value is -3.23. The number of carbonyl (C=O) groups excluding carboxylic acids is 1. The van der Waals surface area contributed by atoms with E-state index in [4.69, 9.17) is 0 Å². The third-order valence-corrected chi connectivity index (χ3v) is 3.52. The largest absolute Gasteiger partial charge is 0.416 e. The molecule has 0 fully saturated rings. The van der Waals surface area contributed by atoms with Crippen LogP contribution in [0.5, 0.6) is 0 Å². The maximum atomic E-state index is 12.8. The Morgan fingerprint density at radius 1 is 1.15 bits per heavy atom. The first kappa shape index (κ1) is 17.6. The fraction of sp³-hybridized carbons (Fsp3) is 0.176. The van der Waals surface area contributed by atoms with Crippen molar-refractivity contribution in [2.24, 2.45) is 0 Å². The fourth-order valence-electron chi connectivity index (χ4n) is 2.23. The lowest BCUT2D eigenvalue weighted by Gasteiger charge is -2.06. The maximum Gasteiger partial charge on any atom is 0.416 e. The number of hydrogen-bond donors (Lipinski definition) is 1. The fourth-order valence-corrected chi connectivity index (χ4v) is 2.23. The molecule has 1 heterocycles. The summed E-state index contributed by atoms with van der Waals surface area (Å²) in [6.45, 7) is 1.72. The summed E-state index contributed by atoms with van der Waals surface area (Å²) < 4.78 is 38.3. The number of rotatable bonds is 4. The van der Waals surface area contributed by atoms with Gasteiger partial charge in [0.2, 0.25) is 11.7 Å². The molecule has 0 atom stereocenters. The molecule has 9 heteroatoms. The molecule has 0 unspecified atom stereocenters. The van der Waals surface area contributed by atoms with Gasteiger partial charge in [-0.15, -0.1) is 10.2 Å². The molecule has 0 bridgehead atoms. The van der Waals surface area contributed by atoms with Gasteiger partial charge in [0.15, 0.2) is 0 Å². The monoisotopic (exact) mass is 361 g/mol. The van der Waals surface area contributed by atoms with Gasteiger partial charge in [-0.1, -0.05) is 29.8 Å². The first-order valence-electron chi connectivity index (χ1n) is 7.63. The second-order valence-corrected chi connectivity index (χ2v) is 5.64. The second-order valence-electron chi connectivity index (χ2n) is 5.64. The molecule has 0 spiro atoms. The molecule has 0 aliphatic heterocycles. The van der Waals surface area contributed by atoms with Crippen molar-refractivity contribution in [3.8, 4) is 11.4 Å². The molecule has 0 aliphatic carbocycles. The summed E-state index contributed by atoms with van der Waals surface area (Å²) in [7, 11) is 0. The van der Waals surface area contributed by atoms with Crippen LogP contribution in [0.1, 0.15) is 11.1 Å². The molecule has 0 radical (unpaired) electrons. The van der Waals surface area contributed by atoms with E-state index in [0.717, 1.165) is 22.5 Å². The molecule has 3 aromatic rings. The summed E-state index contributed by atoms with van der Waals surface area (Å²) in [6.07, 6.45) is -4.46. The number of nitrogens with zero attached hydrogens (tertiary/aromatic N) is 4. The van der Waals surface area contributed by atoms with Crippen molar-refractivity contribution in [1.29, 1.82) is 0 Å². The van der Waals surface area contributed by atoms with Crippen LogP contribution in [0.2, 0.25) is 0 Å². The van der Waals surface area contributed by atoms with Gasteiger partial charge in [-0.25, -0.2) is 0 Å². The molecule has 1 aromatic heterocycles. The Labute approximate surface area is 146 Å². The Bertz CT molecular complexity index is 919. The SMILES string of the molecule is Cc1ccc(NC(=O)Cn2nnc(-c3cccc(C(F)(F)F)c3)n2)cc1. The molecule has 6 nitrogen and oxygen atoms in total. The zero-order valence-corrected chi connectivity index (χ0v) is 13.7. The van der Waals surface area contributed by atoms with Crippen molar-refractivity contribution < 1.29 is 18.0 Å². The number of carbonyl (C=O) groups is 1. The lowest BCUT2D eigenvalue weighted by molar-refractivity contribution is -0.137. The van der Waals surface area contributed by atoms with Crippen molar-refractivity contribution in [1.82, 2.24) is 20.2 Å². The Kier molecular flexibility index (Phi) is 4.70. The van der Waals surface area contributed by atoms with Crippen LogP contribution in [-0.2, 0) is 17.5 Å². The van der Waals surface area contributed by atoms with E-state index in [1.54, 1.807) is 12.1 Å². The van der Waals surface area contributed by atoms with E-state index < -0.39 is 11.7 Å². The van der Waals surface area contributed by atoms with Gasteiger partial charge >= 0.3 is 6.18 Å². The zero-order valence-electron chi connectivity index (χ0n) is 13.7. The van der Waals surface area contributed by atoms with Crippen molar-refractivity contribution in [2.45, 2.75) is 19.6 Å². The quantitative estimate of drug-likeness (QED) is 0.774. The summed E-state index contributed by atoms with van der Waals surface area (Å²) in [4.78, 5) is 13.0. The number of amides is 1. The van der Waals surface area contributed by atoms with E-state index in [9.17, 15) is 18.0 Å². The van der Waals surface area contributed by atoms with Gasteiger partial charge in [-0.2, -0.15) is 18.0 Å². The Balaban J connectivity index is 1.70. The van der Waals surface area contributed by atoms with Gasteiger partial charge in [-0.05, 0) is 36.4 Å². The van der Waals surface area contributed by atoms with Crippen molar-refractivity contribution >= 4 is 11.6 Å². The minimum absolute atomic E-state index is 0.0132. The zero-order chi connectivity index (χ0) is 18.7. The standard InChI is InChI=1S/C17H14F3N5O/c1-11-5-7-14(8-6-11)21-15(26)10-25-23-16(22-24-25)12-3-2-4-13(9-12)17(18,19)20/h2-9H,10H2,1H3,(H,21,26). The summed E-state index contributed by atoms with van der Waals surface area (Å²) >= 11 is 0. The van der Waals surface area contributed by atoms with Gasteiger partial charge < -0.3 is 5.32 Å². The molecule has 3 rings (SSSR count). The lowest BCUT2D eigenvalue weighted by Crippen LogP contribution is -2.20. The van der Waals surface area contributed by atoms with E-state index >= 15 is 0 Å². The second kappa shape index (κ2) is 6.95. The molecule has 1 amide bonds. The predicted molar refractivity (Wildman–Crippen MR) is 88.1 cm³/mol. The Morgan fingerprint density at radius 3 is 2.58 bits per heavy atom. The van der Waals surface area contributed by atoms with Crippen LogP contribution in [-0.4, -0.2) is 26.1 Å². The van der Waals surface area contributed by atoms with Crippen molar-refractivity contribution in [3.05, 3.63) is 59.7 Å². The molecule has 134 valence electrons. The maximum absolute atomic E-state index is 12.8. The third-order valence-electron chi connectivity index (χ3n) is 3.52. The van der Waals surface area contributed by atoms with Gasteiger partial charge in [0.05, 0.1) is 5.56 Å². The first-order valence-corrected chi connectivity index (χ1v) is 7.63. The van der Waals surface area contributed by atoms with Gasteiger partial charge in [0.1, 0.15) is 6.54 Å². The number of anilines is 1. The molecular formula is C17H14F3N5O. The molecule has 0 aliphatic rings. The van der Waals surface area contributed by atoms with Crippen LogP contribution in [0.15, 0.2) is 48.5 Å². The number of halogens is 3. The molecular weight excluding hydrogens is 347 g/mol. The topological polar surface area (TPSA) is 72.7 Å². The minimum Gasteiger partial charge on any atom is -0.324 e. The van der Waals surface area contributed by atoms with Crippen LogP contribution in [0.25, 0.3) is 11.4 Å². The number of alkyl halides is 3. The molecule has 26 heavy (non-hydrogen) atoms. The van der Waals surface area contributed by atoms with E-state index in [2.05, 4.69) is 20.7 Å². The molecule has 0 saturated heterocycles. The summed E-state index contributed by atoms with van der Waals surface area (Å²) in [5.41, 5.74) is 1.05. The summed E-state index contributed by atoms with van der Waals surface area (Å²) in [5, 5.41) is 14.1. The van der Waals surface area contributed by atoms with Crippen LogP contribution < -0.4 is 5.32 Å². The van der Waals surface area contributed by atoms with Crippen molar-refractivity contribution in [2.75, 3.05) is 5.32 Å². The molecule has 2 aromatic carbocycles. The number of aromatic nitrogens is 4. The van der Waals surface area contributed by atoms with E-state index in [1.807, 2.05) is 19.1 Å². The molecule has 1 N–H and O–H groups in total. The Morgan fingerprint density at radius 2 is 1.88 bits per heavy atom. The van der Waals surface area contributed by atoms with Gasteiger partial charge in [0.25, 0.3) is 0 Å². The van der Waals surface area contributed by atoms with Gasteiger partial charge in [0, 0.05) is 11.3 Å². The average Bonchev–Trinajstić information content (AvgIpc) is 3.05. The highest BCUT2D eigenvalue weighted by atomic mass is 19.4. The number of hydrogen-bond acceptors (Lipinski definition) is 4. The van der Waals surface area contributed by atoms with E-state index in [1.165, 1.54) is 12.1 Å². The first-order chi connectivity index (χ1) is 12.3. The lowest BCUT2D eigenvalue weighted by atomic mass is 10.1. The number of benzene rings is 2. The highest BCUT2D eigenvalue weighted by molar-refractivity contribution is 5.90. The predicted octanol–water partition coefficient (Wildman–Crippen LogP) is 3.31. The summed E-state index contributed by atoms with van der Waals surface area (Å²) in [5.74, 6) is -0.360.